The maximum atomic E-state index is 6.43. The average molecular weight is 386 g/mol. The maximum absolute atomic E-state index is 6.43. The zero-order chi connectivity index (χ0) is 19.8. The third-order valence-electron chi connectivity index (χ3n) is 6.16. The lowest BCUT2D eigenvalue weighted by Gasteiger charge is -2.40. The normalized spacial score (nSPS) is 23.8. The highest BCUT2D eigenvalue weighted by Crippen LogP contribution is 2.48. The number of rotatable bonds is 4. The first kappa shape index (κ1) is 17.9. The molecule has 1 saturated carbocycles. The fraction of sp³-hybridized carbons (Fsp3) is 0.292. The minimum absolute atomic E-state index is 0.462. The Balaban J connectivity index is 1.54. The maximum Gasteiger partial charge on any atom is 0.160 e. The largest absolute Gasteiger partial charge is 0.457 e. The molecule has 5 rings (SSSR count). The summed E-state index contributed by atoms with van der Waals surface area (Å²) >= 11 is 0. The third-order valence-corrected chi connectivity index (χ3v) is 6.16. The molecule has 2 aromatic carbocycles. The number of nitrogens with one attached hydrogen (secondary N) is 1. The molecule has 29 heavy (non-hydrogen) atoms. The fourth-order valence-electron chi connectivity index (χ4n) is 4.76. The van der Waals surface area contributed by atoms with E-state index >= 15 is 0 Å². The van der Waals surface area contributed by atoms with Gasteiger partial charge in [0.15, 0.2) is 5.66 Å². The Morgan fingerprint density at radius 3 is 2.62 bits per heavy atom. The van der Waals surface area contributed by atoms with E-state index in [1.165, 1.54) is 25.7 Å². The van der Waals surface area contributed by atoms with Crippen LogP contribution in [-0.2, 0) is 0 Å². The van der Waals surface area contributed by atoms with Crippen molar-refractivity contribution in [2.45, 2.75) is 44.3 Å². The summed E-state index contributed by atoms with van der Waals surface area (Å²) in [6.07, 6.45) is 8.94. The first-order chi connectivity index (χ1) is 14.1. The summed E-state index contributed by atoms with van der Waals surface area (Å²) in [4.78, 5) is 7.25. The van der Waals surface area contributed by atoms with Gasteiger partial charge < -0.3 is 20.7 Å². The van der Waals surface area contributed by atoms with Gasteiger partial charge in [0.2, 0.25) is 0 Å². The summed E-state index contributed by atoms with van der Waals surface area (Å²) in [6.45, 7) is 2.17. The predicted molar refractivity (Wildman–Crippen MR) is 116 cm³/mol. The van der Waals surface area contributed by atoms with Gasteiger partial charge in [0.25, 0.3) is 0 Å². The molecule has 2 aromatic rings. The van der Waals surface area contributed by atoms with Crippen molar-refractivity contribution in [3.05, 3.63) is 77.8 Å². The van der Waals surface area contributed by atoms with Crippen molar-refractivity contribution in [3.8, 4) is 11.5 Å². The zero-order valence-corrected chi connectivity index (χ0v) is 16.6. The van der Waals surface area contributed by atoms with Crippen molar-refractivity contribution in [1.82, 2.24) is 10.2 Å². The van der Waals surface area contributed by atoms with Crippen LogP contribution in [0.4, 0.5) is 0 Å². The van der Waals surface area contributed by atoms with E-state index in [0.717, 1.165) is 28.2 Å². The molecule has 3 aliphatic rings. The van der Waals surface area contributed by atoms with Crippen molar-refractivity contribution in [2.24, 2.45) is 10.7 Å². The lowest BCUT2D eigenvalue weighted by molar-refractivity contribution is 0.167. The minimum atomic E-state index is -0.462. The molecular formula is C24H26N4O. The quantitative estimate of drug-likeness (QED) is 0.806. The highest BCUT2D eigenvalue weighted by Gasteiger charge is 2.47. The molecule has 2 heterocycles. The number of fused-ring (bicyclic) bond motifs is 1. The smallest absolute Gasteiger partial charge is 0.160 e. The van der Waals surface area contributed by atoms with Crippen LogP contribution in [0.5, 0.6) is 11.5 Å². The first-order valence-electron chi connectivity index (χ1n) is 10.3. The Morgan fingerprint density at radius 1 is 1.07 bits per heavy atom. The van der Waals surface area contributed by atoms with Gasteiger partial charge in [-0.1, -0.05) is 43.2 Å². The number of hydrogen-bond acceptors (Lipinski definition) is 5. The van der Waals surface area contributed by atoms with Gasteiger partial charge in [-0.15, -0.1) is 0 Å². The predicted octanol–water partition coefficient (Wildman–Crippen LogP) is 4.60. The van der Waals surface area contributed by atoms with E-state index in [9.17, 15) is 0 Å². The SMILES string of the molecule is CC12N=CNC(N)=C1C(c1cccc(Oc3ccccc3)c1)=CN2C1CCCC1. The van der Waals surface area contributed by atoms with Crippen molar-refractivity contribution in [2.75, 3.05) is 0 Å². The average Bonchev–Trinajstić information content (AvgIpc) is 3.35. The molecule has 5 nitrogen and oxygen atoms in total. The van der Waals surface area contributed by atoms with Gasteiger partial charge in [-0.2, -0.15) is 0 Å². The summed E-state index contributed by atoms with van der Waals surface area (Å²) in [5, 5.41) is 3.11. The lowest BCUT2D eigenvalue weighted by Crippen LogP contribution is -2.48. The molecule has 1 atom stereocenters. The third kappa shape index (κ3) is 3.07. The topological polar surface area (TPSA) is 62.9 Å². The monoisotopic (exact) mass is 386 g/mol. The van der Waals surface area contributed by atoms with Crippen LogP contribution in [0.25, 0.3) is 5.57 Å². The second-order valence-electron chi connectivity index (χ2n) is 8.04. The molecule has 2 aliphatic heterocycles. The van der Waals surface area contributed by atoms with Gasteiger partial charge in [0, 0.05) is 23.4 Å². The number of hydrogen-bond donors (Lipinski definition) is 2. The first-order valence-corrected chi connectivity index (χ1v) is 10.3. The van der Waals surface area contributed by atoms with Gasteiger partial charge in [-0.25, -0.2) is 4.99 Å². The van der Waals surface area contributed by atoms with Crippen molar-refractivity contribution < 1.29 is 4.74 Å². The molecule has 148 valence electrons. The van der Waals surface area contributed by atoms with E-state index < -0.39 is 5.66 Å². The Morgan fingerprint density at radius 2 is 1.83 bits per heavy atom. The molecule has 1 aliphatic carbocycles. The summed E-state index contributed by atoms with van der Waals surface area (Å²) in [6, 6.07) is 18.5. The molecule has 0 amide bonds. The van der Waals surface area contributed by atoms with Crippen LogP contribution in [0.15, 0.2) is 77.2 Å². The van der Waals surface area contributed by atoms with E-state index in [2.05, 4.69) is 35.5 Å². The van der Waals surface area contributed by atoms with Gasteiger partial charge in [0.05, 0.1) is 6.34 Å². The number of nitrogens with zero attached hydrogens (tertiary/aromatic N) is 2. The van der Waals surface area contributed by atoms with E-state index in [4.69, 9.17) is 15.5 Å². The highest BCUT2D eigenvalue weighted by atomic mass is 16.5. The fourth-order valence-corrected chi connectivity index (χ4v) is 4.76. The number of benzene rings is 2. The van der Waals surface area contributed by atoms with Gasteiger partial charge in [0.1, 0.15) is 17.3 Å². The number of para-hydroxylation sites is 1. The summed E-state index contributed by atoms with van der Waals surface area (Å²) in [5.74, 6) is 2.30. The van der Waals surface area contributed by atoms with Crippen molar-refractivity contribution in [3.63, 3.8) is 0 Å². The standard InChI is InChI=1S/C24H26N4O/c1-24-22(23(25)26-16-27-24)21(15-28(24)18-9-5-6-10-18)17-8-7-13-20(14-17)29-19-11-3-2-4-12-19/h2-4,7-8,11-16,18H,5-6,9-10,25H2,1H3,(H,26,27). The van der Waals surface area contributed by atoms with Crippen LogP contribution in [0, 0.1) is 0 Å². The highest BCUT2D eigenvalue weighted by molar-refractivity contribution is 5.87. The molecule has 0 spiro atoms. The second kappa shape index (κ2) is 6.99. The molecule has 1 fully saturated rings. The van der Waals surface area contributed by atoms with E-state index in [1.807, 2.05) is 42.5 Å². The van der Waals surface area contributed by atoms with Crippen LogP contribution < -0.4 is 15.8 Å². The number of aliphatic imine (C=N–C) groups is 1. The molecule has 0 aromatic heterocycles. The van der Waals surface area contributed by atoms with Crippen LogP contribution in [0.2, 0.25) is 0 Å². The molecule has 0 bridgehead atoms. The zero-order valence-electron chi connectivity index (χ0n) is 16.6. The summed E-state index contributed by atoms with van der Waals surface area (Å²) < 4.78 is 6.06. The second-order valence-corrected chi connectivity index (χ2v) is 8.04. The molecule has 0 saturated heterocycles. The summed E-state index contributed by atoms with van der Waals surface area (Å²) in [7, 11) is 0. The van der Waals surface area contributed by atoms with Gasteiger partial charge >= 0.3 is 0 Å². The molecule has 3 N–H and O–H groups in total. The van der Waals surface area contributed by atoms with Crippen LogP contribution in [0.3, 0.4) is 0 Å². The lowest BCUT2D eigenvalue weighted by atomic mass is 9.91. The number of nitrogens with two attached hydrogens (primary N) is 1. The van der Waals surface area contributed by atoms with Gasteiger partial charge in [-0.3, -0.25) is 0 Å². The Labute approximate surface area is 171 Å². The van der Waals surface area contributed by atoms with E-state index in [0.29, 0.717) is 11.9 Å². The van der Waals surface area contributed by atoms with Crippen LogP contribution in [-0.4, -0.2) is 22.9 Å². The Hall–Kier alpha value is -3.21. The molecule has 5 heteroatoms. The Kier molecular flexibility index (Phi) is 4.31. The van der Waals surface area contributed by atoms with Crippen molar-refractivity contribution >= 4 is 11.9 Å². The summed E-state index contributed by atoms with van der Waals surface area (Å²) in [5.41, 5.74) is 9.21. The van der Waals surface area contributed by atoms with Crippen LogP contribution >= 0.6 is 0 Å². The van der Waals surface area contributed by atoms with Gasteiger partial charge in [-0.05, 0) is 49.6 Å². The van der Waals surface area contributed by atoms with Crippen molar-refractivity contribution in [1.29, 1.82) is 0 Å². The van der Waals surface area contributed by atoms with E-state index in [-0.39, 0.29) is 0 Å². The van der Waals surface area contributed by atoms with Crippen LogP contribution in [0.1, 0.15) is 38.2 Å². The minimum Gasteiger partial charge on any atom is -0.457 e. The molecular weight excluding hydrogens is 360 g/mol. The Bertz CT molecular complexity index is 1000. The molecule has 1 unspecified atom stereocenters. The number of ether oxygens (including phenoxy) is 1. The van der Waals surface area contributed by atoms with E-state index in [1.54, 1.807) is 6.34 Å². The molecule has 0 radical (unpaired) electrons.